The predicted molar refractivity (Wildman–Crippen MR) is 53.1 cm³/mol. The van der Waals surface area contributed by atoms with Crippen molar-refractivity contribution in [2.45, 2.75) is 19.4 Å². The molecule has 0 aliphatic rings. The summed E-state index contributed by atoms with van der Waals surface area (Å²) in [5.74, 6) is -1.27. The van der Waals surface area contributed by atoms with E-state index in [-0.39, 0.29) is 23.4 Å². The summed E-state index contributed by atoms with van der Waals surface area (Å²) < 4.78 is 25.7. The van der Waals surface area contributed by atoms with Crippen LogP contribution in [0.25, 0.3) is 0 Å². The van der Waals surface area contributed by atoms with Gasteiger partial charge in [0.2, 0.25) is 0 Å². The van der Waals surface area contributed by atoms with Crippen LogP contribution in [-0.4, -0.2) is 16.1 Å². The molecule has 1 aromatic heterocycles. The molecule has 0 aliphatic heterocycles. The molecule has 0 radical (unpaired) electrons. The Labute approximate surface area is 95.5 Å². The zero-order valence-corrected chi connectivity index (χ0v) is 8.65. The molecule has 1 heterocycles. The Morgan fingerprint density at radius 1 is 1.65 bits per heavy atom. The lowest BCUT2D eigenvalue weighted by molar-refractivity contribution is -0.136. The molecular weight excluding hydrogens is 232 g/mol. The molecule has 1 rings (SSSR count). The molecule has 0 spiro atoms. The molecule has 0 fully saturated rings. The van der Waals surface area contributed by atoms with E-state index in [2.05, 4.69) is 4.98 Å². The standard InChI is InChI=1S/C10H9F2N3O2/c11-10(12)9-5(1-8(16)17)4-15-7(3-14)6(9)2-13/h4,10H,1,3,14H2,(H,16,17). The van der Waals surface area contributed by atoms with Gasteiger partial charge in [0.05, 0.1) is 17.7 Å². The lowest BCUT2D eigenvalue weighted by Gasteiger charge is -2.11. The molecule has 7 heteroatoms. The Kier molecular flexibility index (Phi) is 4.06. The summed E-state index contributed by atoms with van der Waals surface area (Å²) in [5.41, 5.74) is 4.22. The first kappa shape index (κ1) is 13.0. The summed E-state index contributed by atoms with van der Waals surface area (Å²) in [6, 6.07) is 1.59. The van der Waals surface area contributed by atoms with E-state index in [0.29, 0.717) is 0 Å². The monoisotopic (exact) mass is 241 g/mol. The summed E-state index contributed by atoms with van der Waals surface area (Å²) in [4.78, 5) is 14.2. The van der Waals surface area contributed by atoms with E-state index in [4.69, 9.17) is 16.1 Å². The van der Waals surface area contributed by atoms with E-state index < -0.39 is 24.4 Å². The van der Waals surface area contributed by atoms with Crippen molar-refractivity contribution >= 4 is 5.97 Å². The second-order valence-corrected chi connectivity index (χ2v) is 3.21. The van der Waals surface area contributed by atoms with Crippen LogP contribution >= 0.6 is 0 Å². The van der Waals surface area contributed by atoms with E-state index in [1.54, 1.807) is 6.07 Å². The van der Waals surface area contributed by atoms with Crippen molar-refractivity contribution in [3.63, 3.8) is 0 Å². The fourth-order valence-electron chi connectivity index (χ4n) is 1.44. The van der Waals surface area contributed by atoms with Crippen LogP contribution in [0, 0.1) is 11.3 Å². The molecule has 0 aromatic carbocycles. The SMILES string of the molecule is N#Cc1c(CN)ncc(CC(=O)O)c1C(F)F. The maximum absolute atomic E-state index is 12.8. The van der Waals surface area contributed by atoms with E-state index in [0.717, 1.165) is 6.20 Å². The highest BCUT2D eigenvalue weighted by Gasteiger charge is 2.22. The van der Waals surface area contributed by atoms with E-state index in [1.165, 1.54) is 0 Å². The normalized spacial score (nSPS) is 10.3. The predicted octanol–water partition coefficient (Wildman–Crippen LogP) is 0.977. The van der Waals surface area contributed by atoms with E-state index >= 15 is 0 Å². The van der Waals surface area contributed by atoms with Gasteiger partial charge in [0, 0.05) is 18.3 Å². The molecule has 0 amide bonds. The van der Waals surface area contributed by atoms with Crippen LogP contribution in [0.15, 0.2) is 6.20 Å². The smallest absolute Gasteiger partial charge is 0.307 e. The van der Waals surface area contributed by atoms with E-state index in [1.807, 2.05) is 0 Å². The Balaban J connectivity index is 3.43. The summed E-state index contributed by atoms with van der Waals surface area (Å²) in [7, 11) is 0. The number of carbonyl (C=O) groups is 1. The molecule has 0 aliphatic carbocycles. The molecule has 5 nitrogen and oxygen atoms in total. The second kappa shape index (κ2) is 5.32. The average Bonchev–Trinajstić information content (AvgIpc) is 2.26. The fraction of sp³-hybridized carbons (Fsp3) is 0.300. The van der Waals surface area contributed by atoms with Crippen molar-refractivity contribution in [2.24, 2.45) is 5.73 Å². The first-order chi connectivity index (χ1) is 8.01. The second-order valence-electron chi connectivity index (χ2n) is 3.21. The van der Waals surface area contributed by atoms with Crippen molar-refractivity contribution < 1.29 is 18.7 Å². The molecule has 3 N–H and O–H groups in total. The van der Waals surface area contributed by atoms with Crippen LogP contribution in [0.5, 0.6) is 0 Å². The van der Waals surface area contributed by atoms with Crippen molar-refractivity contribution in [2.75, 3.05) is 0 Å². The lowest BCUT2D eigenvalue weighted by Crippen LogP contribution is -2.11. The van der Waals surface area contributed by atoms with Gasteiger partial charge in [0.25, 0.3) is 6.43 Å². The Morgan fingerprint density at radius 2 is 2.29 bits per heavy atom. The van der Waals surface area contributed by atoms with Crippen LogP contribution in [0.3, 0.4) is 0 Å². The number of rotatable bonds is 4. The molecule has 1 aromatic rings. The first-order valence-electron chi connectivity index (χ1n) is 4.62. The third kappa shape index (κ3) is 2.73. The number of carboxylic acids is 1. The van der Waals surface area contributed by atoms with E-state index in [9.17, 15) is 13.6 Å². The maximum Gasteiger partial charge on any atom is 0.307 e. The van der Waals surface area contributed by atoms with Crippen LogP contribution in [0.2, 0.25) is 0 Å². The molecule has 17 heavy (non-hydrogen) atoms. The number of aliphatic carboxylic acids is 1. The van der Waals surface area contributed by atoms with Gasteiger partial charge in [-0.15, -0.1) is 0 Å². The van der Waals surface area contributed by atoms with Gasteiger partial charge in [0.15, 0.2) is 0 Å². The van der Waals surface area contributed by atoms with Crippen molar-refractivity contribution in [1.82, 2.24) is 4.98 Å². The number of nitriles is 1. The van der Waals surface area contributed by atoms with Gasteiger partial charge in [0.1, 0.15) is 6.07 Å². The Hall–Kier alpha value is -2.07. The third-order valence-corrected chi connectivity index (χ3v) is 2.15. The van der Waals surface area contributed by atoms with Gasteiger partial charge in [-0.2, -0.15) is 5.26 Å². The van der Waals surface area contributed by atoms with Gasteiger partial charge < -0.3 is 10.8 Å². The number of hydrogen-bond donors (Lipinski definition) is 2. The molecule has 90 valence electrons. The molecule has 0 atom stereocenters. The largest absolute Gasteiger partial charge is 0.481 e. The van der Waals surface area contributed by atoms with Crippen molar-refractivity contribution in [3.8, 4) is 6.07 Å². The summed E-state index contributed by atoms with van der Waals surface area (Å²) in [6.45, 7) is -0.157. The number of nitrogens with zero attached hydrogens (tertiary/aromatic N) is 2. The number of nitrogens with two attached hydrogens (primary N) is 1. The Morgan fingerprint density at radius 3 is 2.71 bits per heavy atom. The number of pyridine rings is 1. The number of hydrogen-bond acceptors (Lipinski definition) is 4. The van der Waals surface area contributed by atoms with Crippen LogP contribution in [-0.2, 0) is 17.8 Å². The minimum atomic E-state index is -2.94. The zero-order chi connectivity index (χ0) is 13.0. The highest BCUT2D eigenvalue weighted by Crippen LogP contribution is 2.28. The van der Waals surface area contributed by atoms with Gasteiger partial charge in [-0.3, -0.25) is 9.78 Å². The quantitative estimate of drug-likeness (QED) is 0.818. The topological polar surface area (TPSA) is 100 Å². The van der Waals surface area contributed by atoms with Crippen LogP contribution in [0.4, 0.5) is 8.78 Å². The van der Waals surface area contributed by atoms with Crippen LogP contribution in [0.1, 0.15) is 28.8 Å². The van der Waals surface area contributed by atoms with Gasteiger partial charge >= 0.3 is 5.97 Å². The zero-order valence-electron chi connectivity index (χ0n) is 8.65. The number of halogens is 2. The van der Waals surface area contributed by atoms with Gasteiger partial charge in [-0.05, 0) is 5.56 Å². The fourth-order valence-corrected chi connectivity index (χ4v) is 1.44. The number of aromatic nitrogens is 1. The number of carboxylic acid groups (broad SMARTS) is 1. The highest BCUT2D eigenvalue weighted by molar-refractivity contribution is 5.71. The highest BCUT2D eigenvalue weighted by atomic mass is 19.3. The summed E-state index contributed by atoms with van der Waals surface area (Å²) >= 11 is 0. The maximum atomic E-state index is 12.8. The average molecular weight is 241 g/mol. The van der Waals surface area contributed by atoms with Gasteiger partial charge in [-0.25, -0.2) is 8.78 Å². The van der Waals surface area contributed by atoms with Crippen molar-refractivity contribution in [1.29, 1.82) is 5.26 Å². The molecular formula is C10H9F2N3O2. The molecule has 0 saturated carbocycles. The first-order valence-corrected chi connectivity index (χ1v) is 4.62. The van der Waals surface area contributed by atoms with Gasteiger partial charge in [-0.1, -0.05) is 0 Å². The molecule has 0 bridgehead atoms. The number of alkyl halides is 2. The van der Waals surface area contributed by atoms with Crippen LogP contribution < -0.4 is 5.73 Å². The lowest BCUT2D eigenvalue weighted by atomic mass is 10.00. The molecule has 0 unspecified atom stereocenters. The summed E-state index contributed by atoms with van der Waals surface area (Å²) in [6.07, 6.45) is -2.52. The molecule has 0 saturated heterocycles. The third-order valence-electron chi connectivity index (χ3n) is 2.15. The summed E-state index contributed by atoms with van der Waals surface area (Å²) in [5, 5.41) is 17.4. The van der Waals surface area contributed by atoms with Crippen molar-refractivity contribution in [3.05, 3.63) is 28.6 Å². The minimum Gasteiger partial charge on any atom is -0.481 e. The minimum absolute atomic E-state index is 0.0388. The Bertz CT molecular complexity index is 483.